The molecule has 0 amide bonds. The molecule has 1 aliphatic rings. The van der Waals surface area contributed by atoms with Gasteiger partial charge in [0.2, 0.25) is 0 Å². The van der Waals surface area contributed by atoms with Crippen molar-refractivity contribution in [2.45, 2.75) is 31.8 Å². The van der Waals surface area contributed by atoms with Gasteiger partial charge in [-0.25, -0.2) is 4.79 Å². The van der Waals surface area contributed by atoms with E-state index < -0.39 is 29.7 Å². The van der Waals surface area contributed by atoms with Gasteiger partial charge < -0.3 is 9.84 Å². The summed E-state index contributed by atoms with van der Waals surface area (Å²) in [7, 11) is 0. The van der Waals surface area contributed by atoms with Crippen molar-refractivity contribution in [3.05, 3.63) is 32.6 Å². The zero-order valence-corrected chi connectivity index (χ0v) is 11.1. The number of H-pyrrole nitrogens is 1. The molecule has 1 fully saturated rings. The molecule has 0 spiro atoms. The lowest BCUT2D eigenvalue weighted by Gasteiger charge is -2.15. The number of aromatic amines is 1. The van der Waals surface area contributed by atoms with Gasteiger partial charge in [-0.05, 0) is 6.92 Å². The highest BCUT2D eigenvalue weighted by molar-refractivity contribution is 5.85. The summed E-state index contributed by atoms with van der Waals surface area (Å²) >= 11 is 0. The van der Waals surface area contributed by atoms with Crippen LogP contribution in [0.5, 0.6) is 0 Å². The molecule has 8 nitrogen and oxygen atoms in total. The molecule has 5 N–H and O–H groups in total. The van der Waals surface area contributed by atoms with Crippen LogP contribution in [0.25, 0.3) is 0 Å². The fourth-order valence-electron chi connectivity index (χ4n) is 1.99. The highest BCUT2D eigenvalue weighted by atomic mass is 35.5. The number of hydrogen-bond donors (Lipinski definition) is 4. The molecule has 1 aromatic rings. The van der Waals surface area contributed by atoms with Gasteiger partial charge in [-0.15, -0.1) is 12.4 Å². The average molecular weight is 293 g/mol. The second kappa shape index (κ2) is 6.31. The van der Waals surface area contributed by atoms with Crippen LogP contribution >= 0.6 is 12.4 Å². The van der Waals surface area contributed by atoms with Gasteiger partial charge in [0.05, 0.1) is 12.2 Å². The Balaban J connectivity index is 0.00000180. The van der Waals surface area contributed by atoms with Crippen LogP contribution in [-0.4, -0.2) is 33.4 Å². The minimum atomic E-state index is -0.704. The smallest absolute Gasteiger partial charge is 0.330 e. The maximum absolute atomic E-state index is 11.7. The van der Waals surface area contributed by atoms with E-state index in [1.165, 1.54) is 10.8 Å². The van der Waals surface area contributed by atoms with Crippen molar-refractivity contribution >= 4 is 12.4 Å². The molecular formula is C10H17ClN4O4. The molecule has 108 valence electrons. The maximum atomic E-state index is 11.7. The maximum Gasteiger partial charge on any atom is 0.330 e. The number of hydrogen-bond acceptors (Lipinski definition) is 6. The van der Waals surface area contributed by atoms with E-state index in [1.807, 2.05) is 0 Å². The van der Waals surface area contributed by atoms with Crippen molar-refractivity contribution in [2.24, 2.45) is 5.84 Å². The number of hydrazine groups is 1. The SMILES string of the molecule is Cc1cn([C@H]2CC(O)[C@@H](CNN)O2)c(=O)[nH]c1=O.Cl. The van der Waals surface area contributed by atoms with Gasteiger partial charge in [0.25, 0.3) is 5.56 Å². The summed E-state index contributed by atoms with van der Waals surface area (Å²) in [5, 5.41) is 9.76. The molecule has 0 aromatic carbocycles. The number of halogens is 1. The molecule has 1 aromatic heterocycles. The van der Waals surface area contributed by atoms with E-state index in [1.54, 1.807) is 6.92 Å². The zero-order valence-electron chi connectivity index (χ0n) is 10.3. The molecule has 19 heavy (non-hydrogen) atoms. The molecule has 0 aliphatic carbocycles. The minimum absolute atomic E-state index is 0. The Labute approximate surface area is 115 Å². The zero-order chi connectivity index (χ0) is 13.3. The average Bonchev–Trinajstić information content (AvgIpc) is 2.66. The van der Waals surface area contributed by atoms with Crippen LogP contribution in [0.2, 0.25) is 0 Å². The summed E-state index contributed by atoms with van der Waals surface area (Å²) in [6.45, 7) is 1.88. The van der Waals surface area contributed by atoms with Gasteiger partial charge in [-0.3, -0.25) is 25.6 Å². The van der Waals surface area contributed by atoms with Gasteiger partial charge in [-0.1, -0.05) is 0 Å². The van der Waals surface area contributed by atoms with Crippen molar-refractivity contribution in [2.75, 3.05) is 6.54 Å². The Bertz CT molecular complexity index is 543. The standard InChI is InChI=1S/C10H16N4O4.ClH/c1-5-4-14(10(17)13-9(5)16)8-2-6(15)7(18-8)3-12-11;/h4,6-8,12,15H,2-3,11H2,1H3,(H,13,16,17);1H/t6?,7-,8-;/m1./s1. The second-order valence-electron chi connectivity index (χ2n) is 4.32. The van der Waals surface area contributed by atoms with E-state index in [0.29, 0.717) is 5.56 Å². The Morgan fingerprint density at radius 3 is 2.95 bits per heavy atom. The number of nitrogens with one attached hydrogen (secondary N) is 2. The molecule has 2 heterocycles. The van der Waals surface area contributed by atoms with Gasteiger partial charge in [0.15, 0.2) is 0 Å². The van der Waals surface area contributed by atoms with Gasteiger partial charge >= 0.3 is 5.69 Å². The van der Waals surface area contributed by atoms with Crippen molar-refractivity contribution in [1.82, 2.24) is 15.0 Å². The molecule has 1 unspecified atom stereocenters. The first-order valence-corrected chi connectivity index (χ1v) is 5.62. The number of nitrogens with two attached hydrogens (primary N) is 1. The van der Waals surface area contributed by atoms with Crippen LogP contribution < -0.4 is 22.5 Å². The number of aromatic nitrogens is 2. The van der Waals surface area contributed by atoms with Gasteiger partial charge in [0.1, 0.15) is 6.23 Å². The fourth-order valence-corrected chi connectivity index (χ4v) is 1.99. The Morgan fingerprint density at radius 2 is 2.32 bits per heavy atom. The van der Waals surface area contributed by atoms with Crippen LogP contribution in [0.15, 0.2) is 15.8 Å². The molecule has 0 radical (unpaired) electrons. The normalized spacial score (nSPS) is 26.2. The summed E-state index contributed by atoms with van der Waals surface area (Å²) in [4.78, 5) is 25.1. The topological polar surface area (TPSA) is 122 Å². The molecule has 1 aliphatic heterocycles. The van der Waals surface area contributed by atoms with Crippen LogP contribution in [0.3, 0.4) is 0 Å². The quantitative estimate of drug-likeness (QED) is 0.392. The molecule has 0 bridgehead atoms. The highest BCUT2D eigenvalue weighted by Gasteiger charge is 2.35. The molecule has 3 atom stereocenters. The summed E-state index contributed by atoms with van der Waals surface area (Å²) < 4.78 is 6.80. The number of ether oxygens (including phenoxy) is 1. The van der Waals surface area contributed by atoms with E-state index in [-0.39, 0.29) is 25.4 Å². The summed E-state index contributed by atoms with van der Waals surface area (Å²) in [5.74, 6) is 5.17. The third-order valence-electron chi connectivity index (χ3n) is 2.98. The van der Waals surface area contributed by atoms with Crippen LogP contribution in [0, 0.1) is 6.92 Å². The molecule has 9 heteroatoms. The molecule has 0 saturated carbocycles. The number of aliphatic hydroxyl groups is 1. The minimum Gasteiger partial charge on any atom is -0.390 e. The Morgan fingerprint density at radius 1 is 1.63 bits per heavy atom. The first-order valence-electron chi connectivity index (χ1n) is 5.62. The van der Waals surface area contributed by atoms with E-state index in [4.69, 9.17) is 10.6 Å². The first kappa shape index (κ1) is 15.9. The van der Waals surface area contributed by atoms with E-state index in [9.17, 15) is 14.7 Å². The summed E-state index contributed by atoms with van der Waals surface area (Å²) in [6, 6.07) is 0. The van der Waals surface area contributed by atoms with Gasteiger partial charge in [-0.2, -0.15) is 0 Å². The Hall–Kier alpha value is -1.19. The van der Waals surface area contributed by atoms with Crippen molar-refractivity contribution in [3.63, 3.8) is 0 Å². The fraction of sp³-hybridized carbons (Fsp3) is 0.600. The van der Waals surface area contributed by atoms with Crippen LogP contribution in [0.4, 0.5) is 0 Å². The van der Waals surface area contributed by atoms with E-state index in [2.05, 4.69) is 10.4 Å². The largest absolute Gasteiger partial charge is 0.390 e. The highest BCUT2D eigenvalue weighted by Crippen LogP contribution is 2.26. The van der Waals surface area contributed by atoms with Crippen molar-refractivity contribution in [1.29, 1.82) is 0 Å². The molecule has 2 rings (SSSR count). The summed E-state index contributed by atoms with van der Waals surface area (Å²) in [6.07, 6.45) is -0.0696. The monoisotopic (exact) mass is 292 g/mol. The third-order valence-corrected chi connectivity index (χ3v) is 2.98. The predicted molar refractivity (Wildman–Crippen MR) is 70.0 cm³/mol. The lowest BCUT2D eigenvalue weighted by molar-refractivity contribution is -0.0192. The second-order valence-corrected chi connectivity index (χ2v) is 4.32. The van der Waals surface area contributed by atoms with Gasteiger partial charge in [0, 0.05) is 24.7 Å². The number of rotatable bonds is 3. The van der Waals surface area contributed by atoms with E-state index in [0.717, 1.165) is 0 Å². The van der Waals surface area contributed by atoms with Crippen molar-refractivity contribution < 1.29 is 9.84 Å². The predicted octanol–water partition coefficient (Wildman–Crippen LogP) is -1.62. The molecule has 1 saturated heterocycles. The Kier molecular flexibility index (Phi) is 5.27. The number of aliphatic hydroxyl groups excluding tert-OH is 1. The van der Waals surface area contributed by atoms with Crippen LogP contribution in [-0.2, 0) is 4.74 Å². The van der Waals surface area contributed by atoms with Crippen LogP contribution in [0.1, 0.15) is 18.2 Å². The number of aryl methyl sites for hydroxylation is 1. The lowest BCUT2D eigenvalue weighted by atomic mass is 10.2. The lowest BCUT2D eigenvalue weighted by Crippen LogP contribution is -2.37. The first-order chi connectivity index (χ1) is 8.52. The third kappa shape index (κ3) is 3.23. The number of nitrogens with zero attached hydrogens (tertiary/aromatic N) is 1. The summed E-state index contributed by atoms with van der Waals surface area (Å²) in [5.41, 5.74) is 1.85. The van der Waals surface area contributed by atoms with Crippen molar-refractivity contribution in [3.8, 4) is 0 Å². The molecular weight excluding hydrogens is 276 g/mol. The van der Waals surface area contributed by atoms with E-state index >= 15 is 0 Å².